The van der Waals surface area contributed by atoms with Crippen molar-refractivity contribution in [2.24, 2.45) is 0 Å². The van der Waals surface area contributed by atoms with Crippen molar-refractivity contribution >= 4 is 0 Å². The number of aliphatic hydroxyl groups excluding tert-OH is 1. The van der Waals surface area contributed by atoms with Crippen LogP contribution in [-0.4, -0.2) is 38.8 Å². The topological polar surface area (TPSA) is 41.3 Å². The highest BCUT2D eigenvalue weighted by Crippen LogP contribution is 2.08. The Hall–Kier alpha value is -0.320. The second-order valence-corrected chi connectivity index (χ2v) is 4.55. The molecule has 0 radical (unpaired) electrons. The van der Waals surface area contributed by atoms with Crippen LogP contribution in [-0.2, 0) is 0 Å². The molecule has 0 saturated heterocycles. The van der Waals surface area contributed by atoms with Crippen molar-refractivity contribution in [3.8, 4) is 0 Å². The van der Waals surface area contributed by atoms with Crippen LogP contribution in [0.5, 0.6) is 0 Å². The van der Waals surface area contributed by atoms with Crippen LogP contribution in [0.15, 0.2) is 30.3 Å². The maximum atomic E-state index is 9.89. The van der Waals surface area contributed by atoms with Gasteiger partial charge in [-0.15, -0.1) is 0 Å². The molecule has 18 heavy (non-hydrogen) atoms. The van der Waals surface area contributed by atoms with Gasteiger partial charge in [-0.2, -0.15) is 0 Å². The molecule has 0 aliphatic carbocycles. The third kappa shape index (κ3) is 8.72. The molecular weight excluding hydrogens is 271 g/mol. The number of quaternary nitrogens is 2. The zero-order chi connectivity index (χ0) is 11.8. The second kappa shape index (κ2) is 11.8. The maximum absolute atomic E-state index is 9.89. The molecule has 0 fully saturated rings. The first-order valence-corrected chi connectivity index (χ1v) is 6.04. The van der Waals surface area contributed by atoms with Crippen LogP contribution in [0, 0.1) is 0 Å². The lowest BCUT2D eigenvalue weighted by Gasteiger charge is -2.10. The lowest BCUT2D eigenvalue weighted by molar-refractivity contribution is -0.860. The van der Waals surface area contributed by atoms with Crippen molar-refractivity contribution in [2.45, 2.75) is 12.5 Å². The molecule has 0 aliphatic heterocycles. The monoisotopic (exact) mass is 294 g/mol. The number of nitrogens with two attached hydrogens (primary N) is 1. The fourth-order valence-electron chi connectivity index (χ4n) is 1.69. The smallest absolute Gasteiger partial charge is 0.128 e. The predicted octanol–water partition coefficient (Wildman–Crippen LogP) is -7.17. The van der Waals surface area contributed by atoms with Gasteiger partial charge in [0.15, 0.2) is 0 Å². The molecule has 0 aliphatic rings. The zero-order valence-corrected chi connectivity index (χ0v) is 12.6. The van der Waals surface area contributed by atoms with Gasteiger partial charge in [-0.25, -0.2) is 0 Å². The number of halogens is 2. The van der Waals surface area contributed by atoms with Crippen molar-refractivity contribution < 1.29 is 40.1 Å². The van der Waals surface area contributed by atoms with Gasteiger partial charge < -0.3 is 40.1 Å². The van der Waals surface area contributed by atoms with E-state index in [4.69, 9.17) is 0 Å². The highest BCUT2D eigenvalue weighted by atomic mass is 35.5. The predicted molar refractivity (Wildman–Crippen MR) is 65.4 cm³/mol. The Bertz CT molecular complexity index is 284. The van der Waals surface area contributed by atoms with Gasteiger partial charge in [-0.05, 0) is 5.56 Å². The van der Waals surface area contributed by atoms with E-state index in [0.717, 1.165) is 18.7 Å². The van der Waals surface area contributed by atoms with E-state index in [1.807, 2.05) is 30.3 Å². The Morgan fingerprint density at radius 3 is 2.33 bits per heavy atom. The number of rotatable bonds is 7. The molecule has 106 valence electrons. The third-order valence-electron chi connectivity index (χ3n) is 2.66. The molecule has 0 saturated carbocycles. The van der Waals surface area contributed by atoms with Crippen LogP contribution < -0.4 is 35.0 Å². The lowest BCUT2D eigenvalue weighted by atomic mass is 10.1. The minimum atomic E-state index is -0.340. The van der Waals surface area contributed by atoms with Crippen molar-refractivity contribution in [3.63, 3.8) is 0 Å². The fraction of sp³-hybridized carbons (Fsp3) is 0.538. The van der Waals surface area contributed by atoms with E-state index in [0.29, 0.717) is 0 Å². The summed E-state index contributed by atoms with van der Waals surface area (Å²) in [5, 5.41) is 12.1. The first kappa shape index (κ1) is 20.0. The van der Waals surface area contributed by atoms with Crippen molar-refractivity contribution in [3.05, 3.63) is 35.9 Å². The van der Waals surface area contributed by atoms with Crippen molar-refractivity contribution in [1.82, 2.24) is 0 Å². The standard InChI is InChI=1S/C13H22N2O.2ClH/c1-15(2)10-6-9-14-11-13(16)12-7-4-3-5-8-12;;/h3-5,7-8,13-14,16H,6,9-11H2,1-2H3;2*1H. The highest BCUT2D eigenvalue weighted by Gasteiger charge is 2.08. The summed E-state index contributed by atoms with van der Waals surface area (Å²) in [6.07, 6.45) is 0.858. The molecule has 0 spiro atoms. The Morgan fingerprint density at radius 2 is 1.78 bits per heavy atom. The van der Waals surface area contributed by atoms with Crippen LogP contribution in [0.4, 0.5) is 0 Å². The summed E-state index contributed by atoms with van der Waals surface area (Å²) in [6, 6.07) is 9.85. The Labute approximate surface area is 122 Å². The third-order valence-corrected chi connectivity index (χ3v) is 2.66. The molecule has 1 unspecified atom stereocenters. The molecule has 0 bridgehead atoms. The summed E-state index contributed by atoms with van der Waals surface area (Å²) >= 11 is 0. The summed E-state index contributed by atoms with van der Waals surface area (Å²) in [5.74, 6) is 0. The van der Waals surface area contributed by atoms with Crippen LogP contribution in [0.2, 0.25) is 0 Å². The van der Waals surface area contributed by atoms with Crippen LogP contribution in [0.25, 0.3) is 0 Å². The lowest BCUT2D eigenvalue weighted by Crippen LogP contribution is -3.06. The van der Waals surface area contributed by atoms with Crippen LogP contribution in [0.1, 0.15) is 18.1 Å². The zero-order valence-electron chi connectivity index (χ0n) is 11.1. The van der Waals surface area contributed by atoms with Gasteiger partial charge >= 0.3 is 0 Å². The molecule has 0 amide bonds. The molecular formula is C13H24Cl2N2O. The number of aliphatic hydroxyl groups is 1. The Kier molecular flexibility index (Phi) is 13.1. The SMILES string of the molecule is C[NH+](C)CCC[NH2+]CC(O)c1ccccc1.[Cl-].[Cl-]. The second-order valence-electron chi connectivity index (χ2n) is 4.55. The molecule has 5 heteroatoms. The normalized spacial score (nSPS) is 11.6. The minimum Gasteiger partial charge on any atom is -1.00 e. The van der Waals surface area contributed by atoms with Gasteiger partial charge in [0.25, 0.3) is 0 Å². The summed E-state index contributed by atoms with van der Waals surface area (Å²) in [5.41, 5.74) is 1.01. The molecule has 1 rings (SSSR count). The highest BCUT2D eigenvalue weighted by molar-refractivity contribution is 5.16. The largest absolute Gasteiger partial charge is 1.00 e. The van der Waals surface area contributed by atoms with Crippen LogP contribution >= 0.6 is 0 Å². The number of nitrogens with one attached hydrogen (secondary N) is 1. The number of hydrogen-bond donors (Lipinski definition) is 3. The Balaban J connectivity index is 0. The van der Waals surface area contributed by atoms with E-state index < -0.39 is 0 Å². The Morgan fingerprint density at radius 1 is 1.17 bits per heavy atom. The molecule has 1 aromatic carbocycles. The van der Waals surface area contributed by atoms with E-state index in [1.165, 1.54) is 17.9 Å². The van der Waals surface area contributed by atoms with E-state index in [9.17, 15) is 5.11 Å². The van der Waals surface area contributed by atoms with Crippen molar-refractivity contribution in [1.29, 1.82) is 0 Å². The average molecular weight is 295 g/mol. The molecule has 1 aromatic rings. The van der Waals surface area contributed by atoms with Gasteiger partial charge in [0, 0.05) is 6.42 Å². The number of hydrogen-bond acceptors (Lipinski definition) is 1. The van der Waals surface area contributed by atoms with Gasteiger partial charge in [0.05, 0.1) is 27.2 Å². The van der Waals surface area contributed by atoms with Gasteiger partial charge in [0.1, 0.15) is 12.6 Å². The summed E-state index contributed by atoms with van der Waals surface area (Å²) in [4.78, 5) is 1.48. The summed E-state index contributed by atoms with van der Waals surface area (Å²) in [6.45, 7) is 3.04. The molecule has 0 aromatic heterocycles. The van der Waals surface area contributed by atoms with E-state index in [-0.39, 0.29) is 30.9 Å². The van der Waals surface area contributed by atoms with Crippen LogP contribution in [0.3, 0.4) is 0 Å². The number of benzene rings is 1. The quantitative estimate of drug-likeness (QED) is 0.430. The fourth-order valence-corrected chi connectivity index (χ4v) is 1.69. The minimum absolute atomic E-state index is 0. The van der Waals surface area contributed by atoms with E-state index >= 15 is 0 Å². The summed E-state index contributed by atoms with van der Waals surface area (Å²) in [7, 11) is 4.33. The maximum Gasteiger partial charge on any atom is 0.128 e. The van der Waals surface area contributed by atoms with Gasteiger partial charge in [-0.3, -0.25) is 0 Å². The van der Waals surface area contributed by atoms with E-state index in [1.54, 1.807) is 0 Å². The van der Waals surface area contributed by atoms with Crippen molar-refractivity contribution in [2.75, 3.05) is 33.7 Å². The van der Waals surface area contributed by atoms with Gasteiger partial charge in [0.2, 0.25) is 0 Å². The van der Waals surface area contributed by atoms with E-state index in [2.05, 4.69) is 19.4 Å². The molecule has 1 atom stereocenters. The summed E-state index contributed by atoms with van der Waals surface area (Å²) < 4.78 is 0. The first-order valence-electron chi connectivity index (χ1n) is 6.04. The van der Waals surface area contributed by atoms with Gasteiger partial charge in [-0.1, -0.05) is 30.3 Å². The first-order chi connectivity index (χ1) is 7.70. The molecule has 4 N–H and O–H groups in total. The average Bonchev–Trinajstić information content (AvgIpc) is 2.29. The molecule has 3 nitrogen and oxygen atoms in total. The molecule has 0 heterocycles.